The van der Waals surface area contributed by atoms with Crippen molar-refractivity contribution in [3.05, 3.63) is 147 Å². The zero-order chi connectivity index (χ0) is 29.1. The van der Waals surface area contributed by atoms with Crippen LogP contribution in [0, 0.1) is 22.0 Å². The van der Waals surface area contributed by atoms with E-state index in [1.807, 2.05) is 48.5 Å². The predicted octanol–water partition coefficient (Wildman–Crippen LogP) is 4.73. The molecule has 4 aromatic rings. The number of hydrogen-bond acceptors (Lipinski definition) is 6. The number of hydrogen-bond donors (Lipinski definition) is 0. The minimum atomic E-state index is -0.781. The van der Waals surface area contributed by atoms with Gasteiger partial charge in [0.05, 0.1) is 16.8 Å². The van der Waals surface area contributed by atoms with E-state index in [0.717, 1.165) is 32.3 Å². The van der Waals surface area contributed by atoms with Crippen molar-refractivity contribution >= 4 is 29.2 Å². The van der Waals surface area contributed by atoms with Crippen LogP contribution in [0.25, 0.3) is 0 Å². The maximum Gasteiger partial charge on any atom is 0.273 e. The lowest BCUT2D eigenvalue weighted by Gasteiger charge is -2.45. The van der Waals surface area contributed by atoms with Crippen LogP contribution in [0.5, 0.6) is 0 Å². The molecule has 0 aromatic heterocycles. The molecule has 3 amide bonds. The summed E-state index contributed by atoms with van der Waals surface area (Å²) in [6, 6.07) is 28.8. The summed E-state index contributed by atoms with van der Waals surface area (Å²) in [6.45, 7) is -0.564. The van der Waals surface area contributed by atoms with E-state index in [-0.39, 0.29) is 23.1 Å². The van der Waals surface area contributed by atoms with Gasteiger partial charge in [-0.05, 0) is 34.4 Å². The Balaban J connectivity index is 1.32. The van der Waals surface area contributed by atoms with Crippen LogP contribution in [0.1, 0.15) is 54.8 Å². The monoisotopic (exact) mass is 557 g/mol. The van der Waals surface area contributed by atoms with Crippen molar-refractivity contribution in [1.82, 2.24) is 10.0 Å². The fourth-order valence-electron chi connectivity index (χ4n) is 6.86. The number of carbonyl (C=O) groups is 4. The molecule has 0 saturated carbocycles. The van der Waals surface area contributed by atoms with Gasteiger partial charge in [-0.2, -0.15) is 5.01 Å². The fraction of sp³-hybridized carbons (Fsp3) is 0.152. The standard InChI is InChI=1S/C33H23N3O6/c37-26(19-8-2-1-3-9-19)18-34(31(38)20-14-16-21(17-15-20)36(41)42)35-32(39)29-27-22-10-4-5-11-23(22)28(30(29)33(35)40)25-13-7-6-12-24(25)27/h1-17,27-30H,18H2/t27?,28?,29-,30-/m0/s1. The molecule has 4 aromatic carbocycles. The first-order valence-corrected chi connectivity index (χ1v) is 13.6. The van der Waals surface area contributed by atoms with Crippen LogP contribution in [-0.2, 0) is 9.59 Å². The van der Waals surface area contributed by atoms with Crippen molar-refractivity contribution in [2.75, 3.05) is 6.54 Å². The molecule has 4 aliphatic rings. The third-order valence-corrected chi connectivity index (χ3v) is 8.62. The SMILES string of the molecule is O=C(CN(C(=O)c1ccc([N+](=O)[O-])cc1)N1C(=O)[C@H]2C3c4ccccc4C(c4ccccc43)[C@@H]2C1=O)c1ccccc1. The molecule has 2 bridgehead atoms. The second-order valence-corrected chi connectivity index (χ2v) is 10.7. The summed E-state index contributed by atoms with van der Waals surface area (Å²) in [5.41, 5.74) is 4.04. The molecule has 9 heteroatoms. The van der Waals surface area contributed by atoms with Gasteiger partial charge in [-0.25, -0.2) is 5.01 Å². The first-order chi connectivity index (χ1) is 20.4. The van der Waals surface area contributed by atoms with Gasteiger partial charge in [0.1, 0.15) is 6.54 Å². The summed E-state index contributed by atoms with van der Waals surface area (Å²) in [5, 5.41) is 12.9. The number of hydrazine groups is 1. The normalized spacial score (nSPS) is 21.4. The zero-order valence-electron chi connectivity index (χ0n) is 22.1. The summed E-state index contributed by atoms with van der Waals surface area (Å²) >= 11 is 0. The van der Waals surface area contributed by atoms with Crippen molar-refractivity contribution < 1.29 is 24.1 Å². The smallest absolute Gasteiger partial charge is 0.273 e. The van der Waals surface area contributed by atoms with Crippen LogP contribution in [-0.4, -0.2) is 45.0 Å². The van der Waals surface area contributed by atoms with Crippen molar-refractivity contribution in [2.45, 2.75) is 11.8 Å². The second kappa shape index (κ2) is 9.59. The van der Waals surface area contributed by atoms with Gasteiger partial charge in [0, 0.05) is 35.1 Å². The predicted molar refractivity (Wildman–Crippen MR) is 150 cm³/mol. The number of non-ortho nitro benzene ring substituents is 1. The van der Waals surface area contributed by atoms with Crippen LogP contribution in [0.2, 0.25) is 0 Å². The molecule has 1 heterocycles. The molecule has 206 valence electrons. The number of carbonyl (C=O) groups excluding carboxylic acids is 4. The van der Waals surface area contributed by atoms with Crippen LogP contribution in [0.3, 0.4) is 0 Å². The number of nitro groups is 1. The number of imide groups is 1. The molecule has 2 atom stereocenters. The number of amides is 3. The Kier molecular flexibility index (Phi) is 5.83. The Morgan fingerprint density at radius 3 is 1.57 bits per heavy atom. The van der Waals surface area contributed by atoms with Crippen molar-refractivity contribution in [3.63, 3.8) is 0 Å². The van der Waals surface area contributed by atoms with E-state index >= 15 is 0 Å². The summed E-state index contributed by atoms with van der Waals surface area (Å²) in [4.78, 5) is 66.5. The molecule has 0 unspecified atom stereocenters. The molecule has 9 nitrogen and oxygen atoms in total. The first kappa shape index (κ1) is 25.5. The Morgan fingerprint density at radius 2 is 1.12 bits per heavy atom. The Hall–Kier alpha value is -5.44. The topological polar surface area (TPSA) is 118 Å². The lowest BCUT2D eigenvalue weighted by Crippen LogP contribution is -2.52. The average Bonchev–Trinajstić information content (AvgIpc) is 3.29. The molecule has 0 spiro atoms. The highest BCUT2D eigenvalue weighted by molar-refractivity contribution is 6.11. The van der Waals surface area contributed by atoms with Crippen molar-refractivity contribution in [1.29, 1.82) is 0 Å². The molecule has 1 fully saturated rings. The van der Waals surface area contributed by atoms with Gasteiger partial charge in [-0.3, -0.25) is 29.3 Å². The maximum atomic E-state index is 14.3. The highest BCUT2D eigenvalue weighted by Crippen LogP contribution is 2.61. The molecule has 3 aliphatic carbocycles. The van der Waals surface area contributed by atoms with Gasteiger partial charge < -0.3 is 0 Å². The summed E-state index contributed by atoms with van der Waals surface area (Å²) < 4.78 is 0. The molecule has 8 rings (SSSR count). The van der Waals surface area contributed by atoms with Gasteiger partial charge in [0.2, 0.25) is 0 Å². The van der Waals surface area contributed by atoms with Gasteiger partial charge in [0.25, 0.3) is 23.4 Å². The van der Waals surface area contributed by atoms with E-state index in [2.05, 4.69) is 0 Å². The average molecular weight is 558 g/mol. The lowest BCUT2D eigenvalue weighted by atomic mass is 9.55. The first-order valence-electron chi connectivity index (χ1n) is 13.6. The molecular weight excluding hydrogens is 534 g/mol. The molecule has 0 radical (unpaired) electrons. The highest BCUT2D eigenvalue weighted by atomic mass is 16.6. The van der Waals surface area contributed by atoms with Gasteiger partial charge in [-0.15, -0.1) is 0 Å². The van der Waals surface area contributed by atoms with Gasteiger partial charge in [0.15, 0.2) is 5.78 Å². The second-order valence-electron chi connectivity index (χ2n) is 10.7. The lowest BCUT2D eigenvalue weighted by molar-refractivity contribution is -0.384. The van der Waals surface area contributed by atoms with E-state index in [1.165, 1.54) is 24.3 Å². The molecule has 1 saturated heterocycles. The number of benzene rings is 4. The third kappa shape index (κ3) is 3.70. The number of ketones is 1. The van der Waals surface area contributed by atoms with E-state index in [9.17, 15) is 29.3 Å². The van der Waals surface area contributed by atoms with E-state index in [0.29, 0.717) is 5.56 Å². The van der Waals surface area contributed by atoms with E-state index in [4.69, 9.17) is 0 Å². The quantitative estimate of drug-likeness (QED) is 0.146. The molecular formula is C33H23N3O6. The van der Waals surface area contributed by atoms with Crippen LogP contribution in [0.15, 0.2) is 103 Å². The van der Waals surface area contributed by atoms with Crippen LogP contribution < -0.4 is 0 Å². The van der Waals surface area contributed by atoms with E-state index < -0.39 is 46.8 Å². The summed E-state index contributed by atoms with van der Waals surface area (Å²) in [5.74, 6) is -4.57. The fourth-order valence-corrected chi connectivity index (χ4v) is 6.86. The van der Waals surface area contributed by atoms with Gasteiger partial charge >= 0.3 is 0 Å². The minimum Gasteiger partial charge on any atom is -0.292 e. The largest absolute Gasteiger partial charge is 0.292 e. The Labute approximate surface area is 240 Å². The van der Waals surface area contributed by atoms with Crippen LogP contribution in [0.4, 0.5) is 5.69 Å². The molecule has 1 aliphatic heterocycles. The molecule has 0 N–H and O–H groups in total. The Bertz CT molecular complexity index is 1690. The van der Waals surface area contributed by atoms with E-state index in [1.54, 1.807) is 30.3 Å². The summed E-state index contributed by atoms with van der Waals surface area (Å²) in [7, 11) is 0. The maximum absolute atomic E-state index is 14.3. The zero-order valence-corrected chi connectivity index (χ0v) is 22.1. The number of nitro benzene ring substituents is 1. The number of rotatable bonds is 6. The highest BCUT2D eigenvalue weighted by Gasteiger charge is 2.63. The number of Topliss-reactive ketones (excluding diaryl/α,β-unsaturated/α-hetero) is 1. The van der Waals surface area contributed by atoms with Crippen molar-refractivity contribution in [2.24, 2.45) is 11.8 Å². The Morgan fingerprint density at radius 1 is 0.667 bits per heavy atom. The summed E-state index contributed by atoms with van der Waals surface area (Å²) in [6.07, 6.45) is 0. The van der Waals surface area contributed by atoms with Crippen LogP contribution >= 0.6 is 0 Å². The molecule has 42 heavy (non-hydrogen) atoms. The minimum absolute atomic E-state index is 0.00600. The number of nitrogens with zero attached hydrogens (tertiary/aromatic N) is 3. The van der Waals surface area contributed by atoms with Gasteiger partial charge in [-0.1, -0.05) is 78.9 Å². The third-order valence-electron chi connectivity index (χ3n) is 8.62. The van der Waals surface area contributed by atoms with Crippen molar-refractivity contribution in [3.8, 4) is 0 Å².